The number of hydrogen-bond donors (Lipinski definition) is 0. The summed E-state index contributed by atoms with van der Waals surface area (Å²) in [5.41, 5.74) is 9.76. The van der Waals surface area contributed by atoms with Crippen molar-refractivity contribution in [2.75, 3.05) is 0 Å². The number of thiophene rings is 1. The van der Waals surface area contributed by atoms with E-state index in [2.05, 4.69) is 161 Å². The van der Waals surface area contributed by atoms with Gasteiger partial charge in [0.25, 0.3) is 0 Å². The normalized spacial score (nSPS) is 11.9. The van der Waals surface area contributed by atoms with Gasteiger partial charge in [-0.05, 0) is 42.5 Å². The minimum absolute atomic E-state index is 0.633. The Kier molecular flexibility index (Phi) is 7.03. The largest absolute Gasteiger partial charge is 0.308 e. The minimum atomic E-state index is 0.633. The molecule has 4 aromatic heterocycles. The highest BCUT2D eigenvalue weighted by Gasteiger charge is 2.24. The maximum absolute atomic E-state index is 5.21. The molecule has 12 rings (SSSR count). The molecule has 0 bridgehead atoms. The van der Waals surface area contributed by atoms with Crippen molar-refractivity contribution in [2.45, 2.75) is 0 Å². The fourth-order valence-corrected chi connectivity index (χ4v) is 9.93. The lowest BCUT2D eigenvalue weighted by molar-refractivity contribution is 1.07. The topological polar surface area (TPSA) is 48.5 Å². The zero-order valence-electron chi connectivity index (χ0n) is 30.5. The maximum atomic E-state index is 5.21. The summed E-state index contributed by atoms with van der Waals surface area (Å²) >= 11 is 1.86. The van der Waals surface area contributed by atoms with E-state index in [0.717, 1.165) is 33.3 Å². The lowest BCUT2D eigenvalue weighted by atomic mass is 10.1. The average molecular weight is 746 g/mol. The van der Waals surface area contributed by atoms with Gasteiger partial charge in [0.2, 0.25) is 0 Å². The van der Waals surface area contributed by atoms with Crippen molar-refractivity contribution in [1.82, 2.24) is 24.1 Å². The van der Waals surface area contributed by atoms with Crippen molar-refractivity contribution >= 4 is 75.1 Å². The zero-order chi connectivity index (χ0) is 37.5. The predicted molar refractivity (Wildman–Crippen MR) is 238 cm³/mol. The van der Waals surface area contributed by atoms with Gasteiger partial charge in [-0.3, -0.25) is 0 Å². The van der Waals surface area contributed by atoms with E-state index < -0.39 is 0 Å². The third kappa shape index (κ3) is 4.84. The van der Waals surface area contributed by atoms with Crippen molar-refractivity contribution in [3.05, 3.63) is 188 Å². The van der Waals surface area contributed by atoms with E-state index >= 15 is 0 Å². The Bertz CT molecular complexity index is 3400. The molecule has 57 heavy (non-hydrogen) atoms. The Morgan fingerprint density at radius 3 is 1.56 bits per heavy atom. The number of para-hydroxylation sites is 4. The lowest BCUT2D eigenvalue weighted by Gasteiger charge is -2.13. The third-order valence-electron chi connectivity index (χ3n) is 11.2. The van der Waals surface area contributed by atoms with Gasteiger partial charge in [0.05, 0.1) is 32.5 Å². The summed E-state index contributed by atoms with van der Waals surface area (Å²) in [5, 5.41) is 7.33. The van der Waals surface area contributed by atoms with Crippen molar-refractivity contribution in [3.8, 4) is 45.5 Å². The zero-order valence-corrected chi connectivity index (χ0v) is 31.4. The minimum Gasteiger partial charge on any atom is -0.308 e. The third-order valence-corrected chi connectivity index (χ3v) is 12.4. The fourth-order valence-electron chi connectivity index (χ4n) is 8.72. The van der Waals surface area contributed by atoms with Crippen LogP contribution in [0.4, 0.5) is 0 Å². The van der Waals surface area contributed by atoms with E-state index in [1.54, 1.807) is 0 Å². The molecule has 0 unspecified atom stereocenters. The molecule has 6 heteroatoms. The second-order valence-corrected chi connectivity index (χ2v) is 15.4. The first kappa shape index (κ1) is 31.9. The van der Waals surface area contributed by atoms with E-state index in [9.17, 15) is 0 Å². The second-order valence-electron chi connectivity index (χ2n) is 14.4. The van der Waals surface area contributed by atoms with Gasteiger partial charge in [0, 0.05) is 59.4 Å². The molecule has 0 saturated carbocycles. The van der Waals surface area contributed by atoms with Crippen LogP contribution in [0, 0.1) is 0 Å². The number of fused-ring (bicyclic) bond motifs is 10. The van der Waals surface area contributed by atoms with Gasteiger partial charge in [0.1, 0.15) is 0 Å². The van der Waals surface area contributed by atoms with Gasteiger partial charge < -0.3 is 9.13 Å². The molecule has 0 aliphatic carbocycles. The molecule has 0 fully saturated rings. The Balaban J connectivity index is 1.19. The van der Waals surface area contributed by atoms with E-state index in [-0.39, 0.29) is 0 Å². The van der Waals surface area contributed by atoms with E-state index in [1.165, 1.54) is 58.6 Å². The van der Waals surface area contributed by atoms with Crippen molar-refractivity contribution in [1.29, 1.82) is 0 Å². The standard InChI is InChI=1S/C51H31N5S/c1-4-16-32(17-5-1)49-52-50(33-18-6-2-7-19-33)54-51(53-49)40-26-14-24-37-38-30-31-44-45(47(38)55(46(37)40)34-20-8-3-9-21-34)39-25-15-29-43(48(39)57-44)56-41-27-12-10-22-35(41)36-23-11-13-28-42(36)56/h1-31H. The molecule has 0 atom stereocenters. The highest BCUT2D eigenvalue weighted by Crippen LogP contribution is 2.47. The maximum Gasteiger partial charge on any atom is 0.166 e. The quantitative estimate of drug-likeness (QED) is 0.176. The van der Waals surface area contributed by atoms with Gasteiger partial charge in [-0.25, -0.2) is 15.0 Å². The molecule has 4 heterocycles. The molecule has 12 aromatic rings. The van der Waals surface area contributed by atoms with Gasteiger partial charge >= 0.3 is 0 Å². The smallest absolute Gasteiger partial charge is 0.166 e. The number of benzene rings is 8. The van der Waals surface area contributed by atoms with E-state index in [0.29, 0.717) is 17.5 Å². The summed E-state index contributed by atoms with van der Waals surface area (Å²) in [6, 6.07) is 66.5. The Morgan fingerprint density at radius 1 is 0.368 bits per heavy atom. The molecule has 0 spiro atoms. The molecule has 0 saturated heterocycles. The molecule has 266 valence electrons. The fraction of sp³-hybridized carbons (Fsp3) is 0. The predicted octanol–water partition coefficient (Wildman–Crippen LogP) is 13.4. The second kappa shape index (κ2) is 12.6. The average Bonchev–Trinajstić information content (AvgIpc) is 3.95. The van der Waals surface area contributed by atoms with Crippen LogP contribution in [0.25, 0.3) is 109 Å². The molecule has 0 aliphatic rings. The molecule has 8 aromatic carbocycles. The molecule has 0 aliphatic heterocycles. The van der Waals surface area contributed by atoms with Crippen molar-refractivity contribution in [3.63, 3.8) is 0 Å². The Hall–Kier alpha value is -7.41. The first-order valence-corrected chi connectivity index (χ1v) is 19.9. The van der Waals surface area contributed by atoms with Crippen LogP contribution in [-0.4, -0.2) is 24.1 Å². The van der Waals surface area contributed by atoms with Gasteiger partial charge in [-0.15, -0.1) is 11.3 Å². The van der Waals surface area contributed by atoms with Crippen molar-refractivity contribution < 1.29 is 0 Å². The van der Waals surface area contributed by atoms with Crippen molar-refractivity contribution in [2.24, 2.45) is 0 Å². The van der Waals surface area contributed by atoms with Gasteiger partial charge in [0.15, 0.2) is 17.5 Å². The molecule has 0 N–H and O–H groups in total. The van der Waals surface area contributed by atoms with E-state index in [4.69, 9.17) is 15.0 Å². The molecule has 5 nitrogen and oxygen atoms in total. The summed E-state index contributed by atoms with van der Waals surface area (Å²) in [6.07, 6.45) is 0. The van der Waals surface area contributed by atoms with Crippen LogP contribution in [0.2, 0.25) is 0 Å². The van der Waals surface area contributed by atoms with Gasteiger partial charge in [-0.1, -0.05) is 146 Å². The summed E-state index contributed by atoms with van der Waals surface area (Å²) in [7, 11) is 0. The van der Waals surface area contributed by atoms with Crippen LogP contribution < -0.4 is 0 Å². The van der Waals surface area contributed by atoms with Crippen LogP contribution >= 0.6 is 11.3 Å². The van der Waals surface area contributed by atoms with Crippen LogP contribution in [-0.2, 0) is 0 Å². The van der Waals surface area contributed by atoms with Crippen LogP contribution in [0.15, 0.2) is 188 Å². The first-order chi connectivity index (χ1) is 28.3. The highest BCUT2D eigenvalue weighted by molar-refractivity contribution is 7.26. The van der Waals surface area contributed by atoms with Crippen LogP contribution in [0.3, 0.4) is 0 Å². The molecule has 0 amide bonds. The molecule has 0 radical (unpaired) electrons. The van der Waals surface area contributed by atoms with Crippen LogP contribution in [0.5, 0.6) is 0 Å². The Morgan fingerprint density at radius 2 is 0.895 bits per heavy atom. The van der Waals surface area contributed by atoms with E-state index in [1.807, 2.05) is 47.7 Å². The number of aromatic nitrogens is 5. The molecular formula is C51H31N5S. The summed E-state index contributed by atoms with van der Waals surface area (Å²) in [6.45, 7) is 0. The van der Waals surface area contributed by atoms with Crippen LogP contribution in [0.1, 0.15) is 0 Å². The lowest BCUT2D eigenvalue weighted by Crippen LogP contribution is -2.02. The first-order valence-electron chi connectivity index (χ1n) is 19.1. The number of hydrogen-bond acceptors (Lipinski definition) is 4. The number of nitrogens with zero attached hydrogens (tertiary/aromatic N) is 5. The highest BCUT2D eigenvalue weighted by atomic mass is 32.1. The van der Waals surface area contributed by atoms with Gasteiger partial charge in [-0.2, -0.15) is 0 Å². The summed E-state index contributed by atoms with van der Waals surface area (Å²) < 4.78 is 7.38. The Labute approximate surface area is 331 Å². The molecular weight excluding hydrogens is 715 g/mol. The monoisotopic (exact) mass is 745 g/mol. The summed E-state index contributed by atoms with van der Waals surface area (Å²) in [4.78, 5) is 15.4. The summed E-state index contributed by atoms with van der Waals surface area (Å²) in [5.74, 6) is 1.92. The SMILES string of the molecule is c1ccc(-c2nc(-c3ccccc3)nc(-c3cccc4c5ccc6sc7c(-n8c9ccccc9c9ccccc98)cccc7c6c5n(-c5ccccc5)c34)n2)cc1. The number of rotatable bonds is 5.